The number of rotatable bonds is 4. The Hall–Kier alpha value is -2.92. The fraction of sp³-hybridized carbons (Fsp3) is 0.308. The van der Waals surface area contributed by atoms with Crippen LogP contribution >= 0.6 is 11.3 Å². The van der Waals surface area contributed by atoms with E-state index < -0.39 is 0 Å². The highest BCUT2D eigenvalue weighted by Gasteiger charge is 2.32. The monoisotopic (exact) mass is 430 g/mol. The minimum absolute atomic E-state index is 0.0592. The van der Waals surface area contributed by atoms with Crippen LogP contribution in [-0.2, 0) is 24.2 Å². The summed E-state index contributed by atoms with van der Waals surface area (Å²) < 4.78 is 5.33. The van der Waals surface area contributed by atoms with Gasteiger partial charge in [0, 0.05) is 16.0 Å². The van der Waals surface area contributed by atoms with Crippen molar-refractivity contribution >= 4 is 28.0 Å². The molecule has 0 atom stereocenters. The minimum atomic E-state index is 0.0592. The van der Waals surface area contributed by atoms with E-state index in [4.69, 9.17) is 9.73 Å². The minimum Gasteiger partial charge on any atom is -0.497 e. The van der Waals surface area contributed by atoms with E-state index in [1.54, 1.807) is 18.4 Å². The summed E-state index contributed by atoms with van der Waals surface area (Å²) in [6, 6.07) is 16.5. The van der Waals surface area contributed by atoms with Gasteiger partial charge >= 0.3 is 0 Å². The summed E-state index contributed by atoms with van der Waals surface area (Å²) in [5, 5.41) is 1.06. The quantitative estimate of drug-likeness (QED) is 0.562. The molecule has 0 fully saturated rings. The Labute approximate surface area is 187 Å². The first-order chi connectivity index (χ1) is 15.1. The summed E-state index contributed by atoms with van der Waals surface area (Å²) in [7, 11) is 1.67. The van der Waals surface area contributed by atoms with E-state index in [0.717, 1.165) is 40.4 Å². The van der Waals surface area contributed by atoms with E-state index in [1.807, 2.05) is 17.0 Å². The normalized spacial score (nSPS) is 15.7. The molecule has 158 valence electrons. The molecule has 0 unspecified atom stereocenters. The lowest BCUT2D eigenvalue weighted by atomic mass is 9.91. The molecule has 31 heavy (non-hydrogen) atoms. The Morgan fingerprint density at radius 2 is 1.77 bits per heavy atom. The molecule has 5 heteroatoms. The van der Waals surface area contributed by atoms with Crippen molar-refractivity contribution in [1.82, 2.24) is 0 Å². The summed E-state index contributed by atoms with van der Waals surface area (Å²) in [5.74, 6) is 0.881. The van der Waals surface area contributed by atoms with Gasteiger partial charge in [0.25, 0.3) is 0 Å². The molecule has 0 saturated heterocycles. The highest BCUT2D eigenvalue weighted by atomic mass is 32.1. The van der Waals surface area contributed by atoms with Gasteiger partial charge in [-0.1, -0.05) is 29.8 Å². The highest BCUT2D eigenvalue weighted by Crippen LogP contribution is 2.43. The lowest BCUT2D eigenvalue weighted by Gasteiger charge is -2.21. The first-order valence-corrected chi connectivity index (χ1v) is 11.7. The van der Waals surface area contributed by atoms with Crippen molar-refractivity contribution in [1.29, 1.82) is 0 Å². The number of hydrogen-bond donors (Lipinski definition) is 0. The van der Waals surface area contributed by atoms with Crippen LogP contribution in [0, 0.1) is 6.92 Å². The molecule has 0 saturated carbocycles. The SMILES string of the molecule is COc1ccc(C2=NCC(=O)N(Cc3ccc(C)cc3)c3sc4c(c32)CCCC4)cc1. The maximum absolute atomic E-state index is 13.2. The van der Waals surface area contributed by atoms with Gasteiger partial charge in [-0.25, -0.2) is 0 Å². The molecule has 3 aromatic rings. The first kappa shape index (κ1) is 20.0. The predicted molar refractivity (Wildman–Crippen MR) is 127 cm³/mol. The van der Waals surface area contributed by atoms with Gasteiger partial charge in [0.2, 0.25) is 5.91 Å². The summed E-state index contributed by atoms with van der Waals surface area (Å²) in [6.45, 7) is 2.83. The largest absolute Gasteiger partial charge is 0.497 e. The van der Waals surface area contributed by atoms with Crippen LogP contribution in [0.4, 0.5) is 5.00 Å². The van der Waals surface area contributed by atoms with Gasteiger partial charge in [-0.2, -0.15) is 0 Å². The number of carbonyl (C=O) groups is 1. The van der Waals surface area contributed by atoms with E-state index in [0.29, 0.717) is 6.54 Å². The topological polar surface area (TPSA) is 41.9 Å². The standard InChI is InChI=1S/C26H26N2O2S/c1-17-7-9-18(10-8-17)16-28-23(29)15-27-25(19-11-13-20(30-2)14-12-19)24-21-5-3-4-6-22(21)31-26(24)28/h7-14H,3-6,15-16H2,1-2H3. The highest BCUT2D eigenvalue weighted by molar-refractivity contribution is 7.17. The van der Waals surface area contributed by atoms with Crippen molar-refractivity contribution in [2.24, 2.45) is 4.99 Å². The molecule has 1 aliphatic carbocycles. The Kier molecular flexibility index (Phi) is 5.36. The van der Waals surface area contributed by atoms with Crippen LogP contribution in [-0.4, -0.2) is 25.3 Å². The number of fused-ring (bicyclic) bond motifs is 3. The third-order valence-corrected chi connectivity index (χ3v) is 7.45. The molecule has 1 amide bonds. The zero-order chi connectivity index (χ0) is 21.4. The Morgan fingerprint density at radius 3 is 2.52 bits per heavy atom. The molecule has 0 N–H and O–H groups in total. The van der Waals surface area contributed by atoms with Gasteiger partial charge in [-0.3, -0.25) is 14.7 Å². The molecule has 0 bridgehead atoms. The lowest BCUT2D eigenvalue weighted by Crippen LogP contribution is -2.31. The summed E-state index contributed by atoms with van der Waals surface area (Å²) in [4.78, 5) is 21.5. The average molecular weight is 431 g/mol. The molecule has 0 spiro atoms. The van der Waals surface area contributed by atoms with E-state index in [1.165, 1.54) is 34.4 Å². The van der Waals surface area contributed by atoms with Crippen LogP contribution in [0.1, 0.15) is 45.5 Å². The average Bonchev–Trinajstić information content (AvgIpc) is 3.12. The van der Waals surface area contributed by atoms with Crippen molar-refractivity contribution < 1.29 is 9.53 Å². The van der Waals surface area contributed by atoms with Gasteiger partial charge in [-0.15, -0.1) is 11.3 Å². The lowest BCUT2D eigenvalue weighted by molar-refractivity contribution is -0.117. The maximum Gasteiger partial charge on any atom is 0.249 e. The molecule has 1 aliphatic heterocycles. The fourth-order valence-electron chi connectivity index (χ4n) is 4.43. The molecule has 0 radical (unpaired) electrons. The Morgan fingerprint density at radius 1 is 1.03 bits per heavy atom. The van der Waals surface area contributed by atoms with Crippen LogP contribution in [0.15, 0.2) is 53.5 Å². The molecule has 2 heterocycles. The first-order valence-electron chi connectivity index (χ1n) is 10.8. The third-order valence-electron chi connectivity index (χ3n) is 6.13. The van der Waals surface area contributed by atoms with Crippen LogP contribution in [0.5, 0.6) is 5.75 Å². The second kappa shape index (κ2) is 8.31. The van der Waals surface area contributed by atoms with Crippen molar-refractivity contribution in [2.75, 3.05) is 18.6 Å². The van der Waals surface area contributed by atoms with E-state index in [9.17, 15) is 4.79 Å². The number of aliphatic imine (C=N–C) groups is 1. The van der Waals surface area contributed by atoms with Gasteiger partial charge in [0.15, 0.2) is 0 Å². The summed E-state index contributed by atoms with van der Waals surface area (Å²) in [5.41, 5.74) is 6.91. The summed E-state index contributed by atoms with van der Waals surface area (Å²) >= 11 is 1.79. The molecular formula is C26H26N2O2S. The Bertz CT molecular complexity index is 1140. The summed E-state index contributed by atoms with van der Waals surface area (Å²) in [6.07, 6.45) is 4.56. The van der Waals surface area contributed by atoms with E-state index in [2.05, 4.69) is 43.3 Å². The molecule has 2 aliphatic rings. The molecular weight excluding hydrogens is 404 g/mol. The van der Waals surface area contributed by atoms with Gasteiger partial charge in [-0.05, 0) is 68.0 Å². The van der Waals surface area contributed by atoms with Crippen LogP contribution in [0.2, 0.25) is 0 Å². The molecule has 2 aromatic carbocycles. The smallest absolute Gasteiger partial charge is 0.249 e. The Balaban J connectivity index is 1.62. The van der Waals surface area contributed by atoms with Gasteiger partial charge in [0.05, 0.1) is 19.4 Å². The van der Waals surface area contributed by atoms with Crippen molar-refractivity contribution in [3.05, 3.63) is 81.2 Å². The molecule has 1 aromatic heterocycles. The second-order valence-electron chi connectivity index (χ2n) is 8.25. The van der Waals surface area contributed by atoms with Crippen LogP contribution in [0.25, 0.3) is 0 Å². The number of amides is 1. The predicted octanol–water partition coefficient (Wildman–Crippen LogP) is 5.33. The number of carbonyl (C=O) groups excluding carboxylic acids is 1. The van der Waals surface area contributed by atoms with Crippen molar-refractivity contribution in [2.45, 2.75) is 39.2 Å². The van der Waals surface area contributed by atoms with Crippen molar-refractivity contribution in [3.63, 3.8) is 0 Å². The van der Waals surface area contributed by atoms with Gasteiger partial charge in [0.1, 0.15) is 17.3 Å². The number of thiophene rings is 1. The zero-order valence-electron chi connectivity index (χ0n) is 18.0. The van der Waals surface area contributed by atoms with Crippen LogP contribution in [0.3, 0.4) is 0 Å². The maximum atomic E-state index is 13.2. The third kappa shape index (κ3) is 3.79. The zero-order valence-corrected chi connectivity index (χ0v) is 18.8. The van der Waals surface area contributed by atoms with Crippen LogP contribution < -0.4 is 9.64 Å². The number of ether oxygens (including phenoxy) is 1. The number of aryl methyl sites for hydroxylation is 2. The molecule has 4 nitrogen and oxygen atoms in total. The number of benzene rings is 2. The van der Waals surface area contributed by atoms with E-state index in [-0.39, 0.29) is 12.5 Å². The number of nitrogens with zero attached hydrogens (tertiary/aromatic N) is 2. The van der Waals surface area contributed by atoms with Crippen molar-refractivity contribution in [3.8, 4) is 5.75 Å². The van der Waals surface area contributed by atoms with Gasteiger partial charge < -0.3 is 4.74 Å². The second-order valence-corrected chi connectivity index (χ2v) is 9.33. The number of hydrogen-bond acceptors (Lipinski definition) is 4. The number of anilines is 1. The molecule has 5 rings (SSSR count). The number of methoxy groups -OCH3 is 1. The van der Waals surface area contributed by atoms with E-state index >= 15 is 0 Å². The fourth-order valence-corrected chi connectivity index (χ4v) is 5.84.